The van der Waals surface area contributed by atoms with Gasteiger partial charge in [-0.1, -0.05) is 6.07 Å². The highest BCUT2D eigenvalue weighted by Crippen LogP contribution is 2.26. The molecular weight excluding hydrogens is 406 g/mol. The molecule has 0 atom stereocenters. The molecule has 126 valence electrons. The van der Waals surface area contributed by atoms with Gasteiger partial charge in [0.2, 0.25) is 5.28 Å². The zero-order valence-electron chi connectivity index (χ0n) is 12.3. The van der Waals surface area contributed by atoms with Crippen molar-refractivity contribution in [2.45, 2.75) is 0 Å². The number of rotatable bonds is 2. The third-order valence-electron chi connectivity index (χ3n) is 3.74. The predicted octanol–water partition coefficient (Wildman–Crippen LogP) is 3.13. The Hall–Kier alpha value is -1.80. The number of carbonyl (C=O) groups is 1. The van der Waals surface area contributed by atoms with Crippen molar-refractivity contribution < 1.29 is 13.6 Å². The summed E-state index contributed by atoms with van der Waals surface area (Å²) in [5.74, 6) is -1.73. The van der Waals surface area contributed by atoms with Gasteiger partial charge in [0.15, 0.2) is 0 Å². The largest absolute Gasteiger partial charge is 0.352 e. The first kappa shape index (κ1) is 17.0. The summed E-state index contributed by atoms with van der Waals surface area (Å²) in [7, 11) is 0. The summed E-state index contributed by atoms with van der Waals surface area (Å²) < 4.78 is 28.2. The minimum atomic E-state index is -0.854. The Morgan fingerprint density at radius 2 is 1.79 bits per heavy atom. The van der Waals surface area contributed by atoms with Crippen molar-refractivity contribution >= 4 is 39.3 Å². The van der Waals surface area contributed by atoms with Crippen molar-refractivity contribution in [2.24, 2.45) is 0 Å². The molecule has 0 radical (unpaired) electrons. The normalized spacial score (nSPS) is 14.8. The molecule has 0 unspecified atom stereocenters. The van der Waals surface area contributed by atoms with E-state index in [2.05, 4.69) is 25.9 Å². The second-order valence-corrected chi connectivity index (χ2v) is 6.38. The number of anilines is 1. The van der Waals surface area contributed by atoms with Gasteiger partial charge in [0, 0.05) is 32.4 Å². The molecule has 0 aliphatic carbocycles. The number of hydrogen-bond donors (Lipinski definition) is 0. The third kappa shape index (κ3) is 3.34. The zero-order valence-corrected chi connectivity index (χ0v) is 14.7. The maximum absolute atomic E-state index is 13.8. The average molecular weight is 418 g/mol. The van der Waals surface area contributed by atoms with E-state index in [9.17, 15) is 13.6 Å². The summed E-state index contributed by atoms with van der Waals surface area (Å²) in [5.41, 5.74) is -0.516. The average Bonchev–Trinajstić information content (AvgIpc) is 2.57. The molecule has 3 rings (SSSR count). The minimum absolute atomic E-state index is 0.125. The molecule has 2 aromatic rings. The summed E-state index contributed by atoms with van der Waals surface area (Å²) >= 11 is 9.17. The lowest BCUT2D eigenvalue weighted by Gasteiger charge is -2.35. The number of halogens is 4. The first-order valence-electron chi connectivity index (χ1n) is 7.13. The van der Waals surface area contributed by atoms with Crippen LogP contribution in [0, 0.1) is 11.6 Å². The monoisotopic (exact) mass is 416 g/mol. The van der Waals surface area contributed by atoms with E-state index in [0.29, 0.717) is 36.5 Å². The van der Waals surface area contributed by atoms with Crippen LogP contribution in [0.5, 0.6) is 0 Å². The Bertz CT molecular complexity index is 764. The first-order chi connectivity index (χ1) is 11.5. The second kappa shape index (κ2) is 6.98. The van der Waals surface area contributed by atoms with Gasteiger partial charge in [-0.25, -0.2) is 13.8 Å². The van der Waals surface area contributed by atoms with E-state index in [1.54, 1.807) is 6.20 Å². The second-order valence-electron chi connectivity index (χ2n) is 5.19. The van der Waals surface area contributed by atoms with E-state index >= 15 is 0 Å². The lowest BCUT2D eigenvalue weighted by atomic mass is 10.1. The highest BCUT2D eigenvalue weighted by atomic mass is 79.9. The molecule has 1 aromatic carbocycles. The van der Waals surface area contributed by atoms with Crippen LogP contribution in [0.15, 0.2) is 28.9 Å². The maximum Gasteiger partial charge on any atom is 0.259 e. The van der Waals surface area contributed by atoms with E-state index in [4.69, 9.17) is 11.6 Å². The lowest BCUT2D eigenvalue weighted by Crippen LogP contribution is -2.49. The van der Waals surface area contributed by atoms with Crippen LogP contribution in [-0.4, -0.2) is 47.0 Å². The molecule has 0 N–H and O–H groups in total. The number of hydrogen-bond acceptors (Lipinski definition) is 4. The molecule has 9 heteroatoms. The Morgan fingerprint density at radius 3 is 2.42 bits per heavy atom. The highest BCUT2D eigenvalue weighted by molar-refractivity contribution is 9.10. The van der Waals surface area contributed by atoms with Gasteiger partial charge in [-0.3, -0.25) is 4.79 Å². The third-order valence-corrected chi connectivity index (χ3v) is 4.48. The summed E-state index contributed by atoms with van der Waals surface area (Å²) in [6, 6.07) is 3.38. The lowest BCUT2D eigenvalue weighted by molar-refractivity contribution is 0.0736. The van der Waals surface area contributed by atoms with Gasteiger partial charge < -0.3 is 9.80 Å². The molecule has 0 spiro atoms. The van der Waals surface area contributed by atoms with Gasteiger partial charge in [-0.05, 0) is 39.7 Å². The Kier molecular flexibility index (Phi) is 4.96. The number of benzene rings is 1. The number of carbonyl (C=O) groups excluding carboxylic acids is 1. The topological polar surface area (TPSA) is 49.3 Å². The molecule has 1 aliphatic rings. The van der Waals surface area contributed by atoms with Crippen molar-refractivity contribution in [3.63, 3.8) is 0 Å². The van der Waals surface area contributed by atoms with E-state index < -0.39 is 23.1 Å². The van der Waals surface area contributed by atoms with Crippen LogP contribution >= 0.6 is 27.5 Å². The zero-order chi connectivity index (χ0) is 17.3. The van der Waals surface area contributed by atoms with Crippen LogP contribution in [0.2, 0.25) is 5.28 Å². The summed E-state index contributed by atoms with van der Waals surface area (Å²) in [5, 5.41) is 0.125. The first-order valence-corrected chi connectivity index (χ1v) is 8.30. The smallest absolute Gasteiger partial charge is 0.259 e. The van der Waals surface area contributed by atoms with Gasteiger partial charge in [0.25, 0.3) is 5.91 Å². The minimum Gasteiger partial charge on any atom is -0.352 e. The molecule has 0 saturated carbocycles. The van der Waals surface area contributed by atoms with Gasteiger partial charge in [0.1, 0.15) is 23.0 Å². The predicted molar refractivity (Wildman–Crippen MR) is 89.2 cm³/mol. The van der Waals surface area contributed by atoms with Crippen molar-refractivity contribution in [2.75, 3.05) is 31.1 Å². The highest BCUT2D eigenvalue weighted by Gasteiger charge is 2.27. The molecular formula is C15H12BrClF2N4O. The fourth-order valence-corrected chi connectivity index (χ4v) is 3.11. The van der Waals surface area contributed by atoms with Crippen molar-refractivity contribution in [3.8, 4) is 0 Å². The summed E-state index contributed by atoms with van der Waals surface area (Å²) in [4.78, 5) is 23.8. The SMILES string of the molecule is O=C(c1c(F)cccc1F)N1CCN(c2nc(Cl)ncc2Br)CC1. The molecule has 1 aliphatic heterocycles. The Labute approximate surface area is 150 Å². The summed E-state index contributed by atoms with van der Waals surface area (Å²) in [6.07, 6.45) is 1.55. The van der Waals surface area contributed by atoms with Crippen LogP contribution in [0.25, 0.3) is 0 Å². The van der Waals surface area contributed by atoms with Crippen LogP contribution in [0.4, 0.5) is 14.6 Å². The quantitative estimate of drug-likeness (QED) is 0.705. The van der Waals surface area contributed by atoms with Gasteiger partial charge in [-0.2, -0.15) is 4.98 Å². The molecule has 5 nitrogen and oxygen atoms in total. The fraction of sp³-hybridized carbons (Fsp3) is 0.267. The molecule has 1 amide bonds. The van der Waals surface area contributed by atoms with E-state index in [1.165, 1.54) is 11.0 Å². The van der Waals surface area contributed by atoms with Crippen molar-refractivity contribution in [1.29, 1.82) is 0 Å². The van der Waals surface area contributed by atoms with Gasteiger partial charge in [-0.15, -0.1) is 0 Å². The molecule has 1 fully saturated rings. The van der Waals surface area contributed by atoms with Gasteiger partial charge in [0.05, 0.1) is 4.47 Å². The van der Waals surface area contributed by atoms with E-state index in [0.717, 1.165) is 12.1 Å². The van der Waals surface area contributed by atoms with E-state index in [1.807, 2.05) is 4.90 Å². The molecule has 1 aromatic heterocycles. The Balaban J connectivity index is 1.73. The maximum atomic E-state index is 13.8. The van der Waals surface area contributed by atoms with Crippen LogP contribution < -0.4 is 4.90 Å². The standard InChI is InChI=1S/C15H12BrClF2N4O/c16-9-8-20-15(17)21-13(9)22-4-6-23(7-5-22)14(24)12-10(18)2-1-3-11(12)19/h1-3,8H,4-7H2. The molecule has 24 heavy (non-hydrogen) atoms. The Morgan fingerprint density at radius 1 is 1.17 bits per heavy atom. The molecule has 2 heterocycles. The molecule has 1 saturated heterocycles. The van der Waals surface area contributed by atoms with Gasteiger partial charge >= 0.3 is 0 Å². The van der Waals surface area contributed by atoms with Crippen molar-refractivity contribution in [1.82, 2.24) is 14.9 Å². The van der Waals surface area contributed by atoms with Crippen LogP contribution in [0.1, 0.15) is 10.4 Å². The van der Waals surface area contributed by atoms with E-state index in [-0.39, 0.29) is 5.28 Å². The number of piperazine rings is 1. The van der Waals surface area contributed by atoms with Crippen molar-refractivity contribution in [3.05, 3.63) is 51.4 Å². The van der Waals surface area contributed by atoms with Crippen LogP contribution in [-0.2, 0) is 0 Å². The molecule has 0 bridgehead atoms. The number of amides is 1. The number of nitrogens with zero attached hydrogens (tertiary/aromatic N) is 4. The number of aromatic nitrogens is 2. The fourth-order valence-electron chi connectivity index (χ4n) is 2.54. The summed E-state index contributed by atoms with van der Waals surface area (Å²) in [6.45, 7) is 1.57. The van der Waals surface area contributed by atoms with Crippen LogP contribution in [0.3, 0.4) is 0 Å².